The number of carbonyl (C=O) groups is 1. The molecule has 35 heavy (non-hydrogen) atoms. The van der Waals surface area contributed by atoms with Crippen LogP contribution in [0, 0.1) is 0 Å². The Kier molecular flexibility index (Phi) is 6.13. The predicted octanol–water partition coefficient (Wildman–Crippen LogP) is 3.55. The number of nitrogen functional groups attached to an aromatic ring is 1. The van der Waals surface area contributed by atoms with E-state index in [4.69, 9.17) is 10.5 Å². The summed E-state index contributed by atoms with van der Waals surface area (Å²) in [6.45, 7) is 1.21. The number of aryl methyl sites for hydroxylation is 1. The van der Waals surface area contributed by atoms with Gasteiger partial charge < -0.3 is 15.4 Å². The van der Waals surface area contributed by atoms with Crippen LogP contribution in [-0.4, -0.2) is 55.7 Å². The van der Waals surface area contributed by atoms with Gasteiger partial charge in [0.05, 0.1) is 24.7 Å². The van der Waals surface area contributed by atoms with Gasteiger partial charge >= 0.3 is 0 Å². The van der Waals surface area contributed by atoms with Crippen LogP contribution in [0.25, 0.3) is 22.4 Å². The first-order chi connectivity index (χ1) is 17.0. The van der Waals surface area contributed by atoms with Crippen molar-refractivity contribution in [3.63, 3.8) is 0 Å². The van der Waals surface area contributed by atoms with E-state index in [-0.39, 0.29) is 17.8 Å². The molecule has 3 aromatic heterocycles. The highest BCUT2D eigenvalue weighted by Crippen LogP contribution is 2.34. The van der Waals surface area contributed by atoms with Gasteiger partial charge in [-0.3, -0.25) is 9.48 Å². The van der Waals surface area contributed by atoms with Crippen LogP contribution >= 0.6 is 0 Å². The molecular weight excluding hydrogens is 442 g/mol. The molecule has 0 radical (unpaired) electrons. The number of anilines is 1. The molecule has 0 bridgehead atoms. The Labute approximate surface area is 203 Å². The minimum absolute atomic E-state index is 0.0385. The molecule has 178 valence electrons. The fourth-order valence-corrected chi connectivity index (χ4v) is 4.53. The molecule has 9 heteroatoms. The van der Waals surface area contributed by atoms with E-state index in [1.54, 1.807) is 30.3 Å². The van der Waals surface area contributed by atoms with E-state index in [0.29, 0.717) is 18.8 Å². The van der Waals surface area contributed by atoms with E-state index >= 15 is 0 Å². The van der Waals surface area contributed by atoms with E-state index in [0.717, 1.165) is 46.7 Å². The summed E-state index contributed by atoms with van der Waals surface area (Å²) in [7, 11) is 3.49. The molecule has 0 spiro atoms. The summed E-state index contributed by atoms with van der Waals surface area (Å²) < 4.78 is 7.00. The molecular formula is C26H27N7O2. The molecule has 1 aliphatic heterocycles. The zero-order valence-electron chi connectivity index (χ0n) is 19.8. The molecule has 1 unspecified atom stereocenters. The fourth-order valence-electron chi connectivity index (χ4n) is 4.53. The van der Waals surface area contributed by atoms with Gasteiger partial charge in [0.25, 0.3) is 5.91 Å². The highest BCUT2D eigenvalue weighted by molar-refractivity contribution is 5.93. The number of aromatic nitrogens is 5. The second kappa shape index (κ2) is 9.54. The van der Waals surface area contributed by atoms with Crippen LogP contribution in [0.1, 0.15) is 34.9 Å². The lowest BCUT2D eigenvalue weighted by Crippen LogP contribution is -2.39. The first-order valence-electron chi connectivity index (χ1n) is 11.5. The maximum absolute atomic E-state index is 13.4. The SMILES string of the molecule is COc1ccc(-c2cnc(N)nc2C2CCCN(C(=O)c3cccc(-c4cnn(C)c4)n3)C2)cc1. The largest absolute Gasteiger partial charge is 0.497 e. The molecule has 2 N–H and O–H groups in total. The number of benzene rings is 1. The van der Waals surface area contributed by atoms with Crippen molar-refractivity contribution < 1.29 is 9.53 Å². The number of methoxy groups -OCH3 is 1. The molecule has 1 atom stereocenters. The summed E-state index contributed by atoms with van der Waals surface area (Å²) in [5.41, 5.74) is 10.8. The van der Waals surface area contributed by atoms with Gasteiger partial charge in [-0.05, 0) is 42.7 Å². The number of hydrogen-bond acceptors (Lipinski definition) is 7. The minimum atomic E-state index is -0.0894. The first kappa shape index (κ1) is 22.5. The number of nitrogens with zero attached hydrogens (tertiary/aromatic N) is 6. The van der Waals surface area contributed by atoms with Crippen molar-refractivity contribution >= 4 is 11.9 Å². The highest BCUT2D eigenvalue weighted by Gasteiger charge is 2.29. The van der Waals surface area contributed by atoms with Crippen molar-refractivity contribution in [2.45, 2.75) is 18.8 Å². The molecule has 1 amide bonds. The predicted molar refractivity (Wildman–Crippen MR) is 133 cm³/mol. The third-order valence-corrected chi connectivity index (χ3v) is 6.30. The molecule has 0 saturated carbocycles. The molecule has 0 aliphatic carbocycles. The zero-order chi connectivity index (χ0) is 24.4. The van der Waals surface area contributed by atoms with Crippen molar-refractivity contribution in [3.8, 4) is 28.1 Å². The number of piperidine rings is 1. The van der Waals surface area contributed by atoms with Crippen molar-refractivity contribution in [3.05, 3.63) is 72.4 Å². The summed E-state index contributed by atoms with van der Waals surface area (Å²) in [5.74, 6) is 0.957. The molecule has 4 heterocycles. The number of pyridine rings is 1. The number of nitrogens with two attached hydrogens (primary N) is 1. The monoisotopic (exact) mass is 469 g/mol. The lowest BCUT2D eigenvalue weighted by molar-refractivity contribution is 0.0700. The topological polar surface area (TPSA) is 112 Å². The van der Waals surface area contributed by atoms with Crippen molar-refractivity contribution in [1.29, 1.82) is 0 Å². The second-order valence-electron chi connectivity index (χ2n) is 8.66. The molecule has 1 aromatic carbocycles. The normalized spacial score (nSPS) is 15.7. The number of amides is 1. The number of rotatable bonds is 5. The van der Waals surface area contributed by atoms with Crippen LogP contribution in [0.5, 0.6) is 5.75 Å². The van der Waals surface area contributed by atoms with Gasteiger partial charge in [-0.15, -0.1) is 0 Å². The fraction of sp³-hybridized carbons (Fsp3) is 0.269. The summed E-state index contributed by atoms with van der Waals surface area (Å²) in [6.07, 6.45) is 7.16. The van der Waals surface area contributed by atoms with Crippen molar-refractivity contribution in [1.82, 2.24) is 29.6 Å². The van der Waals surface area contributed by atoms with E-state index in [2.05, 4.69) is 20.1 Å². The van der Waals surface area contributed by atoms with E-state index in [9.17, 15) is 4.79 Å². The lowest BCUT2D eigenvalue weighted by atomic mass is 9.89. The zero-order valence-corrected chi connectivity index (χ0v) is 19.8. The van der Waals surface area contributed by atoms with E-state index < -0.39 is 0 Å². The third kappa shape index (κ3) is 4.70. The average Bonchev–Trinajstić information content (AvgIpc) is 3.35. The Morgan fingerprint density at radius 2 is 1.91 bits per heavy atom. The maximum Gasteiger partial charge on any atom is 0.272 e. The van der Waals surface area contributed by atoms with Crippen LogP contribution in [0.3, 0.4) is 0 Å². The molecule has 1 saturated heterocycles. The van der Waals surface area contributed by atoms with Gasteiger partial charge in [0.2, 0.25) is 5.95 Å². The van der Waals surface area contributed by atoms with Gasteiger partial charge in [0.15, 0.2) is 0 Å². The summed E-state index contributed by atoms with van der Waals surface area (Å²) in [5, 5.41) is 4.20. The van der Waals surface area contributed by atoms with Gasteiger partial charge in [-0.2, -0.15) is 5.10 Å². The third-order valence-electron chi connectivity index (χ3n) is 6.30. The van der Waals surface area contributed by atoms with Crippen LogP contribution in [0.15, 0.2) is 61.1 Å². The minimum Gasteiger partial charge on any atom is -0.497 e. The molecule has 1 fully saturated rings. The lowest BCUT2D eigenvalue weighted by Gasteiger charge is -2.33. The number of hydrogen-bond donors (Lipinski definition) is 1. The molecule has 4 aromatic rings. The van der Waals surface area contributed by atoms with Crippen LogP contribution < -0.4 is 10.5 Å². The quantitative estimate of drug-likeness (QED) is 0.476. The van der Waals surface area contributed by atoms with Gasteiger partial charge in [-0.25, -0.2) is 15.0 Å². The Morgan fingerprint density at radius 1 is 1.09 bits per heavy atom. The molecule has 1 aliphatic rings. The molecule has 9 nitrogen and oxygen atoms in total. The van der Waals surface area contributed by atoms with Crippen LogP contribution in [0.2, 0.25) is 0 Å². The average molecular weight is 470 g/mol. The van der Waals surface area contributed by atoms with Crippen LogP contribution in [0.4, 0.5) is 5.95 Å². The Morgan fingerprint density at radius 3 is 2.66 bits per heavy atom. The Bertz CT molecular complexity index is 1350. The second-order valence-corrected chi connectivity index (χ2v) is 8.66. The van der Waals surface area contributed by atoms with E-state index in [1.807, 2.05) is 54.5 Å². The highest BCUT2D eigenvalue weighted by atomic mass is 16.5. The summed E-state index contributed by atoms with van der Waals surface area (Å²) in [4.78, 5) is 28.8. The summed E-state index contributed by atoms with van der Waals surface area (Å²) in [6, 6.07) is 13.3. The van der Waals surface area contributed by atoms with Gasteiger partial charge in [-0.1, -0.05) is 18.2 Å². The number of carbonyl (C=O) groups excluding carboxylic acids is 1. The summed E-state index contributed by atoms with van der Waals surface area (Å²) >= 11 is 0. The van der Waals surface area contributed by atoms with E-state index in [1.165, 1.54) is 0 Å². The van der Waals surface area contributed by atoms with Crippen molar-refractivity contribution in [2.24, 2.45) is 7.05 Å². The standard InChI is InChI=1S/C26H27N7O2/c1-32-15-19(13-29-32)22-6-3-7-23(30-22)25(34)33-12-4-5-18(16-33)24-21(14-28-26(27)31-24)17-8-10-20(35-2)11-9-17/h3,6-11,13-15,18H,4-5,12,16H2,1-2H3,(H2,27,28,31). The smallest absolute Gasteiger partial charge is 0.272 e. The number of ether oxygens (including phenoxy) is 1. The maximum atomic E-state index is 13.4. The first-order valence-corrected chi connectivity index (χ1v) is 11.5. The number of likely N-dealkylation sites (tertiary alicyclic amines) is 1. The van der Waals surface area contributed by atoms with Crippen molar-refractivity contribution in [2.75, 3.05) is 25.9 Å². The Balaban J connectivity index is 1.41. The van der Waals surface area contributed by atoms with Gasteiger partial charge in [0.1, 0.15) is 11.4 Å². The molecule has 5 rings (SSSR count). The van der Waals surface area contributed by atoms with Gasteiger partial charge in [0, 0.05) is 49.6 Å². The van der Waals surface area contributed by atoms with Crippen LogP contribution in [-0.2, 0) is 7.05 Å². The Hall–Kier alpha value is -4.27.